The molecule has 20 heavy (non-hydrogen) atoms. The Hall–Kier alpha value is -1.13. The summed E-state index contributed by atoms with van der Waals surface area (Å²) in [5.41, 5.74) is 2.66. The van der Waals surface area contributed by atoms with Crippen molar-refractivity contribution in [3.8, 4) is 0 Å². The van der Waals surface area contributed by atoms with E-state index in [2.05, 4.69) is 40.3 Å². The number of pyridine rings is 1. The van der Waals surface area contributed by atoms with Crippen LogP contribution in [0.25, 0.3) is 0 Å². The molecule has 1 aromatic rings. The zero-order valence-electron chi connectivity index (χ0n) is 12.7. The second kappa shape index (κ2) is 6.10. The molecule has 0 amide bonds. The maximum atomic E-state index is 4.30. The molecule has 1 aliphatic carbocycles. The molecular formula is C16H26N4. The van der Waals surface area contributed by atoms with Gasteiger partial charge in [-0.05, 0) is 44.8 Å². The molecule has 2 heterocycles. The van der Waals surface area contributed by atoms with Gasteiger partial charge in [-0.3, -0.25) is 4.98 Å². The van der Waals surface area contributed by atoms with Gasteiger partial charge in [0.2, 0.25) is 0 Å². The second-order valence-corrected chi connectivity index (χ2v) is 6.46. The molecule has 0 aromatic carbocycles. The lowest BCUT2D eigenvalue weighted by Crippen LogP contribution is -2.28. The van der Waals surface area contributed by atoms with Crippen LogP contribution < -0.4 is 10.2 Å². The average Bonchev–Trinajstić information content (AvgIpc) is 3.19. The Morgan fingerprint density at radius 1 is 1.40 bits per heavy atom. The molecule has 0 spiro atoms. The second-order valence-electron chi connectivity index (χ2n) is 6.46. The molecule has 2 fully saturated rings. The van der Waals surface area contributed by atoms with Gasteiger partial charge in [-0.1, -0.05) is 0 Å². The Kier molecular flexibility index (Phi) is 4.22. The standard InChI is InChI=1S/C16H26N4/c1-19-8-6-13(11-19)12-20(2)16-5-7-17-9-14(16)10-18-15-3-4-15/h5,7,9,13,15,18H,3-4,6,8,10-12H2,1-2H3. The fraction of sp³-hybridized carbons (Fsp3) is 0.688. The van der Waals surface area contributed by atoms with Gasteiger partial charge >= 0.3 is 0 Å². The van der Waals surface area contributed by atoms with Crippen molar-refractivity contribution in [1.82, 2.24) is 15.2 Å². The summed E-state index contributed by atoms with van der Waals surface area (Å²) in [4.78, 5) is 9.14. The fourth-order valence-corrected chi connectivity index (χ4v) is 3.13. The van der Waals surface area contributed by atoms with Crippen LogP contribution in [0.15, 0.2) is 18.5 Å². The molecule has 1 saturated heterocycles. The number of aromatic nitrogens is 1. The van der Waals surface area contributed by atoms with Crippen LogP contribution in [-0.2, 0) is 6.54 Å². The van der Waals surface area contributed by atoms with E-state index >= 15 is 0 Å². The SMILES string of the molecule is CN1CCC(CN(C)c2ccncc2CNC2CC2)C1. The summed E-state index contributed by atoms with van der Waals surface area (Å²) in [6, 6.07) is 2.90. The van der Waals surface area contributed by atoms with E-state index < -0.39 is 0 Å². The van der Waals surface area contributed by atoms with E-state index in [0.29, 0.717) is 0 Å². The van der Waals surface area contributed by atoms with Gasteiger partial charge in [0.1, 0.15) is 0 Å². The van der Waals surface area contributed by atoms with Gasteiger partial charge in [0.05, 0.1) is 0 Å². The minimum atomic E-state index is 0.747. The molecule has 4 nitrogen and oxygen atoms in total. The summed E-state index contributed by atoms with van der Waals surface area (Å²) in [7, 11) is 4.44. The monoisotopic (exact) mass is 274 g/mol. The van der Waals surface area contributed by atoms with Gasteiger partial charge in [0.15, 0.2) is 0 Å². The van der Waals surface area contributed by atoms with Crippen molar-refractivity contribution in [3.63, 3.8) is 0 Å². The van der Waals surface area contributed by atoms with Crippen molar-refractivity contribution in [2.45, 2.75) is 31.8 Å². The summed E-state index contributed by atoms with van der Waals surface area (Å²) in [5.74, 6) is 0.794. The highest BCUT2D eigenvalue weighted by molar-refractivity contribution is 5.51. The van der Waals surface area contributed by atoms with Crippen molar-refractivity contribution in [2.75, 3.05) is 38.6 Å². The van der Waals surface area contributed by atoms with Crippen molar-refractivity contribution >= 4 is 5.69 Å². The van der Waals surface area contributed by atoms with Crippen LogP contribution in [0.1, 0.15) is 24.8 Å². The minimum Gasteiger partial charge on any atom is -0.374 e. The summed E-state index contributed by atoms with van der Waals surface area (Å²) in [6.45, 7) is 4.56. The largest absolute Gasteiger partial charge is 0.374 e. The van der Waals surface area contributed by atoms with Crippen LogP contribution in [0, 0.1) is 5.92 Å². The zero-order chi connectivity index (χ0) is 13.9. The first-order valence-corrected chi connectivity index (χ1v) is 7.78. The number of hydrogen-bond acceptors (Lipinski definition) is 4. The third kappa shape index (κ3) is 3.49. The highest BCUT2D eigenvalue weighted by Crippen LogP contribution is 2.24. The van der Waals surface area contributed by atoms with E-state index in [1.54, 1.807) is 0 Å². The molecule has 2 aliphatic rings. The number of rotatable bonds is 6. The van der Waals surface area contributed by atoms with Crippen LogP contribution in [0.3, 0.4) is 0 Å². The molecule has 1 saturated carbocycles. The molecule has 1 aromatic heterocycles. The summed E-state index contributed by atoms with van der Waals surface area (Å²) >= 11 is 0. The third-order valence-electron chi connectivity index (χ3n) is 4.47. The van der Waals surface area contributed by atoms with Gasteiger partial charge in [-0.2, -0.15) is 0 Å². The third-order valence-corrected chi connectivity index (χ3v) is 4.47. The van der Waals surface area contributed by atoms with E-state index in [1.165, 1.54) is 43.6 Å². The predicted molar refractivity (Wildman–Crippen MR) is 83.0 cm³/mol. The van der Waals surface area contributed by atoms with Gasteiger partial charge in [-0.25, -0.2) is 0 Å². The highest BCUT2D eigenvalue weighted by atomic mass is 15.2. The number of nitrogens with one attached hydrogen (secondary N) is 1. The molecule has 0 radical (unpaired) electrons. The Morgan fingerprint density at radius 2 is 2.25 bits per heavy atom. The van der Waals surface area contributed by atoms with Gasteiger partial charge in [-0.15, -0.1) is 0 Å². The van der Waals surface area contributed by atoms with E-state index in [4.69, 9.17) is 0 Å². The molecule has 1 unspecified atom stereocenters. The molecule has 4 heteroatoms. The van der Waals surface area contributed by atoms with Crippen molar-refractivity contribution < 1.29 is 0 Å². The van der Waals surface area contributed by atoms with Crippen molar-refractivity contribution in [2.24, 2.45) is 5.92 Å². The Morgan fingerprint density at radius 3 is 2.95 bits per heavy atom. The molecule has 3 rings (SSSR count). The van der Waals surface area contributed by atoms with Gasteiger partial charge in [0, 0.05) is 56.4 Å². The number of nitrogens with zero attached hydrogens (tertiary/aromatic N) is 3. The first kappa shape index (κ1) is 13.8. The van der Waals surface area contributed by atoms with Crippen LogP contribution in [0.2, 0.25) is 0 Å². The van der Waals surface area contributed by atoms with Crippen LogP contribution in [0.4, 0.5) is 5.69 Å². The quantitative estimate of drug-likeness (QED) is 0.856. The van der Waals surface area contributed by atoms with E-state index in [0.717, 1.165) is 25.0 Å². The van der Waals surface area contributed by atoms with Crippen LogP contribution in [0.5, 0.6) is 0 Å². The molecule has 110 valence electrons. The summed E-state index contributed by atoms with van der Waals surface area (Å²) < 4.78 is 0. The zero-order valence-corrected chi connectivity index (χ0v) is 12.7. The molecule has 0 bridgehead atoms. The van der Waals surface area contributed by atoms with E-state index in [-0.39, 0.29) is 0 Å². The summed E-state index contributed by atoms with van der Waals surface area (Å²) in [6.07, 6.45) is 7.91. The van der Waals surface area contributed by atoms with Crippen LogP contribution >= 0.6 is 0 Å². The Labute approximate surface area is 122 Å². The Bertz CT molecular complexity index is 444. The normalized spacial score (nSPS) is 23.2. The summed E-state index contributed by atoms with van der Waals surface area (Å²) in [5, 5.41) is 3.59. The molecule has 1 atom stereocenters. The molecule has 1 N–H and O–H groups in total. The van der Waals surface area contributed by atoms with Crippen molar-refractivity contribution in [3.05, 3.63) is 24.0 Å². The predicted octanol–water partition coefficient (Wildman–Crippen LogP) is 1.72. The topological polar surface area (TPSA) is 31.4 Å². The van der Waals surface area contributed by atoms with Crippen LogP contribution in [-0.4, -0.2) is 49.7 Å². The molecule has 1 aliphatic heterocycles. The number of likely N-dealkylation sites (tertiary alicyclic amines) is 1. The lowest BCUT2D eigenvalue weighted by atomic mass is 10.1. The number of hydrogen-bond donors (Lipinski definition) is 1. The lowest BCUT2D eigenvalue weighted by Gasteiger charge is -2.25. The molecular weight excluding hydrogens is 248 g/mol. The van der Waals surface area contributed by atoms with Crippen molar-refractivity contribution in [1.29, 1.82) is 0 Å². The average molecular weight is 274 g/mol. The van der Waals surface area contributed by atoms with E-state index in [1.807, 2.05) is 12.4 Å². The minimum absolute atomic E-state index is 0.747. The highest BCUT2D eigenvalue weighted by Gasteiger charge is 2.23. The fourth-order valence-electron chi connectivity index (χ4n) is 3.13. The van der Waals surface area contributed by atoms with Gasteiger partial charge in [0.25, 0.3) is 0 Å². The van der Waals surface area contributed by atoms with Gasteiger partial charge < -0.3 is 15.1 Å². The first-order chi connectivity index (χ1) is 9.72. The number of anilines is 1. The van der Waals surface area contributed by atoms with E-state index in [9.17, 15) is 0 Å². The smallest absolute Gasteiger partial charge is 0.0440 e. The Balaban J connectivity index is 1.61. The lowest BCUT2D eigenvalue weighted by molar-refractivity contribution is 0.396. The first-order valence-electron chi connectivity index (χ1n) is 7.78. The maximum absolute atomic E-state index is 4.30. The maximum Gasteiger partial charge on any atom is 0.0440 e.